The zero-order valence-corrected chi connectivity index (χ0v) is 10.8. The number of hydrogen-bond donors (Lipinski definition) is 1. The summed E-state index contributed by atoms with van der Waals surface area (Å²) in [5, 5.41) is 3.25. The van der Waals surface area contributed by atoms with E-state index in [-0.39, 0.29) is 5.82 Å². The van der Waals surface area contributed by atoms with Gasteiger partial charge in [-0.15, -0.1) is 0 Å². The summed E-state index contributed by atoms with van der Waals surface area (Å²) in [7, 11) is 0. The van der Waals surface area contributed by atoms with Crippen molar-refractivity contribution in [2.45, 2.75) is 55.9 Å². The van der Waals surface area contributed by atoms with Gasteiger partial charge >= 0.3 is 12.4 Å². The number of rotatable bonds is 2. The largest absolute Gasteiger partial charge is 0.409 e. The smallest absolute Gasteiger partial charge is 0.338 e. The fraction of sp³-hybridized carbons (Fsp3) is 0.818. The minimum absolute atomic E-state index is 0.296. The van der Waals surface area contributed by atoms with E-state index < -0.39 is 29.7 Å². The molecular weight excluding hydrogens is 304 g/mol. The Morgan fingerprint density at radius 2 is 1.52 bits per heavy atom. The lowest BCUT2D eigenvalue weighted by molar-refractivity contribution is -0.259. The van der Waals surface area contributed by atoms with Crippen molar-refractivity contribution in [2.75, 3.05) is 0 Å². The molecule has 0 bridgehead atoms. The molecule has 0 aliphatic heterocycles. The molecule has 0 atom stereocenters. The average Bonchev–Trinajstić information content (AvgIpc) is 2.75. The summed E-state index contributed by atoms with van der Waals surface area (Å²) in [6, 6.07) is 0. The number of halogens is 6. The van der Waals surface area contributed by atoms with Crippen molar-refractivity contribution in [3.05, 3.63) is 11.7 Å². The first kappa shape index (κ1) is 16.1. The van der Waals surface area contributed by atoms with Crippen LogP contribution in [0.15, 0.2) is 4.52 Å². The van der Waals surface area contributed by atoms with Crippen molar-refractivity contribution in [2.24, 2.45) is 5.73 Å². The molecule has 1 heterocycles. The van der Waals surface area contributed by atoms with Gasteiger partial charge in [-0.25, -0.2) is 0 Å². The van der Waals surface area contributed by atoms with Crippen molar-refractivity contribution >= 4 is 0 Å². The molecule has 21 heavy (non-hydrogen) atoms. The minimum atomic E-state index is -5.56. The third kappa shape index (κ3) is 3.30. The zero-order valence-electron chi connectivity index (χ0n) is 10.8. The normalized spacial score (nSPS) is 20.0. The monoisotopic (exact) mass is 317 g/mol. The van der Waals surface area contributed by atoms with E-state index >= 15 is 0 Å². The van der Waals surface area contributed by atoms with E-state index in [1.165, 1.54) is 0 Å². The molecule has 0 aromatic carbocycles. The molecule has 0 saturated heterocycles. The van der Waals surface area contributed by atoms with E-state index in [0.717, 1.165) is 6.42 Å². The Balaban J connectivity index is 2.33. The van der Waals surface area contributed by atoms with Gasteiger partial charge in [-0.1, -0.05) is 24.4 Å². The van der Waals surface area contributed by atoms with Gasteiger partial charge in [0.1, 0.15) is 0 Å². The van der Waals surface area contributed by atoms with Gasteiger partial charge in [-0.05, 0) is 12.8 Å². The molecule has 1 aliphatic carbocycles. The van der Waals surface area contributed by atoms with Gasteiger partial charge < -0.3 is 10.3 Å². The van der Waals surface area contributed by atoms with Crippen LogP contribution in [0.5, 0.6) is 0 Å². The van der Waals surface area contributed by atoms with Gasteiger partial charge in [0.25, 0.3) is 0 Å². The highest BCUT2D eigenvalue weighted by Gasteiger charge is 2.61. The first-order chi connectivity index (χ1) is 9.54. The fourth-order valence-corrected chi connectivity index (χ4v) is 2.43. The maximum Gasteiger partial charge on any atom is 0.409 e. The van der Waals surface area contributed by atoms with Crippen LogP contribution in [0.1, 0.15) is 49.7 Å². The lowest BCUT2D eigenvalue weighted by Crippen LogP contribution is -2.40. The van der Waals surface area contributed by atoms with Crippen LogP contribution in [0.3, 0.4) is 0 Å². The minimum Gasteiger partial charge on any atom is -0.338 e. The second kappa shape index (κ2) is 5.15. The van der Waals surface area contributed by atoms with E-state index in [9.17, 15) is 26.3 Å². The van der Waals surface area contributed by atoms with Crippen molar-refractivity contribution in [1.29, 1.82) is 0 Å². The molecule has 2 N–H and O–H groups in total. The maximum atomic E-state index is 12.6. The summed E-state index contributed by atoms with van der Waals surface area (Å²) >= 11 is 0. The SMILES string of the molecule is NC1(c2noc(C(C(F)(F)F)C(F)(F)F)n2)CCCCC1. The van der Waals surface area contributed by atoms with Crippen LogP contribution < -0.4 is 5.73 Å². The van der Waals surface area contributed by atoms with E-state index in [4.69, 9.17) is 5.73 Å². The van der Waals surface area contributed by atoms with Gasteiger partial charge in [0.15, 0.2) is 5.82 Å². The molecule has 1 aliphatic rings. The molecule has 0 spiro atoms. The van der Waals surface area contributed by atoms with E-state index in [0.29, 0.717) is 25.7 Å². The molecule has 2 rings (SSSR count). The van der Waals surface area contributed by atoms with Crippen LogP contribution in [0.25, 0.3) is 0 Å². The zero-order chi connectivity index (χ0) is 15.9. The highest BCUT2D eigenvalue weighted by Crippen LogP contribution is 2.46. The van der Waals surface area contributed by atoms with Crippen LogP contribution >= 0.6 is 0 Å². The molecule has 1 fully saturated rings. The number of alkyl halides is 6. The first-order valence-electron chi connectivity index (χ1n) is 6.30. The van der Waals surface area contributed by atoms with Crippen molar-refractivity contribution in [1.82, 2.24) is 10.1 Å². The van der Waals surface area contributed by atoms with Crippen molar-refractivity contribution in [3.8, 4) is 0 Å². The summed E-state index contributed by atoms with van der Waals surface area (Å²) in [4.78, 5) is 3.30. The van der Waals surface area contributed by atoms with Crippen LogP contribution in [0.2, 0.25) is 0 Å². The second-order valence-electron chi connectivity index (χ2n) is 5.19. The lowest BCUT2D eigenvalue weighted by atomic mass is 9.82. The van der Waals surface area contributed by atoms with Crippen molar-refractivity contribution < 1.29 is 30.9 Å². The van der Waals surface area contributed by atoms with Gasteiger partial charge in [0, 0.05) is 0 Å². The quantitative estimate of drug-likeness (QED) is 0.849. The van der Waals surface area contributed by atoms with Gasteiger partial charge in [0.2, 0.25) is 11.8 Å². The molecule has 10 heteroatoms. The van der Waals surface area contributed by atoms with Gasteiger partial charge in [0.05, 0.1) is 5.54 Å². The average molecular weight is 317 g/mol. The van der Waals surface area contributed by atoms with Crippen LogP contribution in [0, 0.1) is 0 Å². The summed E-state index contributed by atoms with van der Waals surface area (Å²) < 4.78 is 79.6. The molecular formula is C11H13F6N3O. The van der Waals surface area contributed by atoms with E-state index in [2.05, 4.69) is 14.7 Å². The first-order valence-corrected chi connectivity index (χ1v) is 6.30. The molecule has 0 amide bonds. The molecule has 0 radical (unpaired) electrons. The summed E-state index contributed by atoms with van der Waals surface area (Å²) in [6.45, 7) is 0. The Labute approximate surface area is 115 Å². The fourth-order valence-electron chi connectivity index (χ4n) is 2.43. The van der Waals surface area contributed by atoms with Crippen LogP contribution in [-0.4, -0.2) is 22.5 Å². The molecule has 120 valence electrons. The van der Waals surface area contributed by atoms with Crippen LogP contribution in [-0.2, 0) is 5.54 Å². The maximum absolute atomic E-state index is 12.6. The Morgan fingerprint density at radius 1 is 1.00 bits per heavy atom. The molecule has 4 nitrogen and oxygen atoms in total. The summed E-state index contributed by atoms with van der Waals surface area (Å²) in [5.74, 6) is -5.60. The Hall–Kier alpha value is -1.32. The molecule has 1 aromatic heterocycles. The lowest BCUT2D eigenvalue weighted by Gasteiger charge is -2.29. The summed E-state index contributed by atoms with van der Waals surface area (Å²) in [6.07, 6.45) is -8.00. The van der Waals surface area contributed by atoms with Gasteiger partial charge in [-0.3, -0.25) is 0 Å². The number of hydrogen-bond acceptors (Lipinski definition) is 4. The number of nitrogens with zero attached hydrogens (tertiary/aromatic N) is 2. The highest BCUT2D eigenvalue weighted by atomic mass is 19.4. The Morgan fingerprint density at radius 3 is 2.00 bits per heavy atom. The topological polar surface area (TPSA) is 64.9 Å². The summed E-state index contributed by atoms with van der Waals surface area (Å²) in [5.41, 5.74) is 4.84. The molecule has 0 unspecified atom stereocenters. The van der Waals surface area contributed by atoms with Gasteiger partial charge in [-0.2, -0.15) is 31.3 Å². The third-order valence-electron chi connectivity index (χ3n) is 3.53. The Bertz CT molecular complexity index is 475. The molecule has 1 aromatic rings. The van der Waals surface area contributed by atoms with Crippen LogP contribution in [0.4, 0.5) is 26.3 Å². The Kier molecular flexibility index (Phi) is 3.94. The highest BCUT2D eigenvalue weighted by molar-refractivity contribution is 5.09. The van der Waals surface area contributed by atoms with E-state index in [1.54, 1.807) is 0 Å². The van der Waals surface area contributed by atoms with E-state index in [1.807, 2.05) is 0 Å². The van der Waals surface area contributed by atoms with Crippen molar-refractivity contribution in [3.63, 3.8) is 0 Å². The number of nitrogens with two attached hydrogens (primary N) is 1. The third-order valence-corrected chi connectivity index (χ3v) is 3.53. The second-order valence-corrected chi connectivity index (χ2v) is 5.19. The predicted octanol–water partition coefficient (Wildman–Crippen LogP) is 3.40. The number of aromatic nitrogens is 2. The molecule has 1 saturated carbocycles. The standard InChI is InChI=1S/C11H13F6N3O/c12-10(13,14)6(11(15,16)17)7-19-8(20-21-7)9(18)4-2-1-3-5-9/h6H,1-5,18H2. The predicted molar refractivity (Wildman–Crippen MR) is 58.1 cm³/mol.